The van der Waals surface area contributed by atoms with Crippen LogP contribution >= 0.6 is 33.9 Å². The lowest BCUT2D eigenvalue weighted by molar-refractivity contribution is -0.116. The second-order valence-electron chi connectivity index (χ2n) is 4.81. The maximum absolute atomic E-state index is 12.0. The third kappa shape index (κ3) is 3.72. The van der Waals surface area contributed by atoms with Crippen molar-refractivity contribution >= 4 is 45.0 Å². The average Bonchev–Trinajstić information content (AvgIpc) is 3.09. The summed E-state index contributed by atoms with van der Waals surface area (Å²) >= 11 is 3.68. The highest BCUT2D eigenvalue weighted by molar-refractivity contribution is 14.1. The monoisotopic (exact) mass is 424 g/mol. The van der Waals surface area contributed by atoms with Gasteiger partial charge in [0, 0.05) is 20.7 Å². The van der Waals surface area contributed by atoms with Gasteiger partial charge in [-0.15, -0.1) is 11.3 Å². The van der Waals surface area contributed by atoms with Gasteiger partial charge in [-0.05, 0) is 47.2 Å². The summed E-state index contributed by atoms with van der Waals surface area (Å²) in [6.07, 6.45) is 3.56. The van der Waals surface area contributed by atoms with Gasteiger partial charge in [-0.25, -0.2) is 4.98 Å². The largest absolute Gasteiger partial charge is 0.300 e. The number of thiazole rings is 1. The number of carbonyl (C=O) groups is 1. The second kappa shape index (κ2) is 6.57. The number of benzene rings is 1. The van der Waals surface area contributed by atoms with Gasteiger partial charge in [0.25, 0.3) is 0 Å². The lowest BCUT2D eigenvalue weighted by atomic mass is 10.2. The molecule has 0 spiro atoms. The number of aromatic nitrogens is 3. The zero-order chi connectivity index (χ0) is 15.5. The van der Waals surface area contributed by atoms with Gasteiger partial charge in [0.15, 0.2) is 5.13 Å². The molecule has 1 N–H and O–H groups in total. The predicted molar refractivity (Wildman–Crippen MR) is 95.9 cm³/mol. The zero-order valence-electron chi connectivity index (χ0n) is 11.8. The number of anilines is 1. The van der Waals surface area contributed by atoms with E-state index >= 15 is 0 Å². The Balaban J connectivity index is 1.66. The molecule has 0 saturated carbocycles. The van der Waals surface area contributed by atoms with Crippen molar-refractivity contribution in [2.45, 2.75) is 13.5 Å². The number of aryl methyl sites for hydroxylation is 1. The summed E-state index contributed by atoms with van der Waals surface area (Å²) in [4.78, 5) is 16.4. The van der Waals surface area contributed by atoms with Gasteiger partial charge in [-0.3, -0.25) is 9.48 Å². The average molecular weight is 424 g/mol. The molecule has 3 rings (SSSR count). The van der Waals surface area contributed by atoms with Crippen molar-refractivity contribution in [1.29, 1.82) is 0 Å². The van der Waals surface area contributed by atoms with Crippen LogP contribution in [0.3, 0.4) is 0 Å². The Hall–Kier alpha value is -1.74. The first-order valence-corrected chi connectivity index (χ1v) is 8.56. The summed E-state index contributed by atoms with van der Waals surface area (Å²) in [6, 6.07) is 8.12. The Bertz CT molecular complexity index is 794. The first-order valence-electron chi connectivity index (χ1n) is 6.60. The van der Waals surface area contributed by atoms with Gasteiger partial charge >= 0.3 is 0 Å². The second-order valence-corrected chi connectivity index (χ2v) is 6.91. The Morgan fingerprint density at radius 2 is 2.14 bits per heavy atom. The third-order valence-electron chi connectivity index (χ3n) is 2.96. The Morgan fingerprint density at radius 1 is 1.36 bits per heavy atom. The van der Waals surface area contributed by atoms with Crippen molar-refractivity contribution in [3.63, 3.8) is 0 Å². The van der Waals surface area contributed by atoms with Crippen molar-refractivity contribution in [3.05, 3.63) is 51.2 Å². The van der Waals surface area contributed by atoms with Gasteiger partial charge < -0.3 is 5.32 Å². The highest BCUT2D eigenvalue weighted by Crippen LogP contribution is 2.25. The highest BCUT2D eigenvalue weighted by Gasteiger charge is 2.09. The van der Waals surface area contributed by atoms with E-state index < -0.39 is 0 Å². The van der Waals surface area contributed by atoms with Crippen LogP contribution in [0.4, 0.5) is 5.13 Å². The van der Waals surface area contributed by atoms with Gasteiger partial charge in [-0.1, -0.05) is 12.1 Å². The standard InChI is InChI=1S/C15H13IN4OS/c1-10-6-17-20(7-10)8-14(21)19-15-18-13(9-22-15)11-2-4-12(16)5-3-11/h2-7,9H,8H2,1H3,(H,18,19,21). The van der Waals surface area contributed by atoms with Crippen LogP contribution in [-0.4, -0.2) is 20.7 Å². The lowest BCUT2D eigenvalue weighted by Gasteiger charge is -2.01. The molecular formula is C15H13IN4OS. The van der Waals surface area contributed by atoms with Crippen LogP contribution in [0.5, 0.6) is 0 Å². The molecule has 2 aromatic heterocycles. The van der Waals surface area contributed by atoms with E-state index in [1.54, 1.807) is 10.9 Å². The maximum atomic E-state index is 12.0. The fourth-order valence-electron chi connectivity index (χ4n) is 1.94. The molecule has 5 nitrogen and oxygen atoms in total. The number of nitrogens with zero attached hydrogens (tertiary/aromatic N) is 3. The summed E-state index contributed by atoms with van der Waals surface area (Å²) < 4.78 is 2.79. The number of halogens is 1. The van der Waals surface area contributed by atoms with E-state index in [4.69, 9.17) is 0 Å². The van der Waals surface area contributed by atoms with Crippen molar-refractivity contribution in [3.8, 4) is 11.3 Å². The van der Waals surface area contributed by atoms with Crippen LogP contribution in [0, 0.1) is 10.5 Å². The minimum absolute atomic E-state index is 0.133. The summed E-state index contributed by atoms with van der Waals surface area (Å²) in [5.41, 5.74) is 2.94. The Kier molecular flexibility index (Phi) is 4.53. The summed E-state index contributed by atoms with van der Waals surface area (Å²) in [7, 11) is 0. The molecule has 0 bridgehead atoms. The van der Waals surface area contributed by atoms with Crippen LogP contribution in [0.2, 0.25) is 0 Å². The molecule has 0 unspecified atom stereocenters. The number of nitrogens with one attached hydrogen (secondary N) is 1. The SMILES string of the molecule is Cc1cnn(CC(=O)Nc2nc(-c3ccc(I)cc3)cs2)c1. The van der Waals surface area contributed by atoms with Crippen LogP contribution in [0.15, 0.2) is 42.0 Å². The van der Waals surface area contributed by atoms with Gasteiger partial charge in [0.05, 0.1) is 11.9 Å². The van der Waals surface area contributed by atoms with E-state index in [1.165, 1.54) is 14.9 Å². The quantitative estimate of drug-likeness (QED) is 0.652. The minimum Gasteiger partial charge on any atom is -0.300 e. The van der Waals surface area contributed by atoms with E-state index in [-0.39, 0.29) is 12.5 Å². The zero-order valence-corrected chi connectivity index (χ0v) is 14.8. The highest BCUT2D eigenvalue weighted by atomic mass is 127. The molecule has 0 atom stereocenters. The number of amides is 1. The van der Waals surface area contributed by atoms with Crippen LogP contribution < -0.4 is 5.32 Å². The molecule has 3 aromatic rings. The lowest BCUT2D eigenvalue weighted by Crippen LogP contribution is -2.18. The molecule has 0 aliphatic rings. The van der Waals surface area contributed by atoms with Crippen molar-refractivity contribution < 1.29 is 4.79 Å². The first kappa shape index (κ1) is 15.2. The molecule has 22 heavy (non-hydrogen) atoms. The Morgan fingerprint density at radius 3 is 2.82 bits per heavy atom. The molecule has 0 aliphatic heterocycles. The molecular weight excluding hydrogens is 411 g/mol. The van der Waals surface area contributed by atoms with Crippen LogP contribution in [-0.2, 0) is 11.3 Å². The summed E-state index contributed by atoms with van der Waals surface area (Å²) in [6.45, 7) is 2.13. The van der Waals surface area contributed by atoms with Crippen molar-refractivity contribution in [2.24, 2.45) is 0 Å². The van der Waals surface area contributed by atoms with Gasteiger partial charge in [0.1, 0.15) is 6.54 Å². The van der Waals surface area contributed by atoms with Crippen molar-refractivity contribution in [1.82, 2.24) is 14.8 Å². The van der Waals surface area contributed by atoms with Gasteiger partial charge in [-0.2, -0.15) is 5.10 Å². The van der Waals surface area contributed by atoms with E-state index in [0.29, 0.717) is 5.13 Å². The first-order chi connectivity index (χ1) is 10.6. The maximum Gasteiger partial charge on any atom is 0.247 e. The number of carbonyl (C=O) groups excluding carboxylic acids is 1. The molecule has 0 fully saturated rings. The molecule has 2 heterocycles. The van der Waals surface area contributed by atoms with Crippen molar-refractivity contribution in [2.75, 3.05) is 5.32 Å². The summed E-state index contributed by atoms with van der Waals surface area (Å²) in [5.74, 6) is -0.133. The molecule has 0 radical (unpaired) electrons. The van der Waals surface area contributed by atoms with E-state index in [1.807, 2.05) is 42.8 Å². The number of hydrogen-bond donors (Lipinski definition) is 1. The van der Waals surface area contributed by atoms with E-state index in [0.717, 1.165) is 16.8 Å². The van der Waals surface area contributed by atoms with Gasteiger partial charge in [0.2, 0.25) is 5.91 Å². The van der Waals surface area contributed by atoms with Crippen LogP contribution in [0.25, 0.3) is 11.3 Å². The normalized spacial score (nSPS) is 10.6. The van der Waals surface area contributed by atoms with E-state index in [2.05, 4.69) is 38.0 Å². The third-order valence-corrected chi connectivity index (χ3v) is 4.44. The summed E-state index contributed by atoms with van der Waals surface area (Å²) in [5, 5.41) is 9.44. The smallest absolute Gasteiger partial charge is 0.247 e. The molecule has 1 amide bonds. The molecule has 7 heteroatoms. The molecule has 112 valence electrons. The fourth-order valence-corrected chi connectivity index (χ4v) is 3.04. The number of hydrogen-bond acceptors (Lipinski definition) is 4. The predicted octanol–water partition coefficient (Wildman–Crippen LogP) is 3.56. The molecule has 0 saturated heterocycles. The van der Waals surface area contributed by atoms with E-state index in [9.17, 15) is 4.79 Å². The number of rotatable bonds is 4. The topological polar surface area (TPSA) is 59.8 Å². The molecule has 1 aromatic carbocycles. The minimum atomic E-state index is -0.133. The molecule has 0 aliphatic carbocycles. The Labute approximate surface area is 145 Å². The fraction of sp³-hybridized carbons (Fsp3) is 0.133. The van der Waals surface area contributed by atoms with Crippen LogP contribution in [0.1, 0.15) is 5.56 Å².